The van der Waals surface area contributed by atoms with E-state index in [1.165, 1.54) is 19.3 Å². The van der Waals surface area contributed by atoms with Crippen LogP contribution in [0.1, 0.15) is 61.7 Å². The van der Waals surface area contributed by atoms with Crippen molar-refractivity contribution in [2.75, 3.05) is 13.7 Å². The van der Waals surface area contributed by atoms with E-state index in [9.17, 15) is 9.59 Å². The minimum absolute atomic E-state index is 0.0267. The molecule has 1 aliphatic heterocycles. The molecule has 1 aromatic carbocycles. The number of likely N-dealkylation sites (tertiary alicyclic amines) is 1. The van der Waals surface area contributed by atoms with Crippen LogP contribution in [0.5, 0.6) is 5.75 Å². The van der Waals surface area contributed by atoms with E-state index in [0.29, 0.717) is 29.3 Å². The number of carbonyl (C=O) groups is 2. The number of hydrogen-bond acceptors (Lipinski definition) is 3. The van der Waals surface area contributed by atoms with E-state index >= 15 is 0 Å². The maximum atomic E-state index is 13.3. The molecule has 4 saturated carbocycles. The fourth-order valence-corrected chi connectivity index (χ4v) is 7.06. The van der Waals surface area contributed by atoms with Crippen molar-refractivity contribution in [3.05, 3.63) is 28.8 Å². The number of amides is 2. The fraction of sp³-hybridized carbons (Fsp3) is 0.652. The van der Waals surface area contributed by atoms with Crippen LogP contribution in [-0.2, 0) is 4.79 Å². The van der Waals surface area contributed by atoms with Gasteiger partial charge in [0.05, 0.1) is 12.7 Å². The van der Waals surface area contributed by atoms with Crippen molar-refractivity contribution < 1.29 is 14.3 Å². The SMILES string of the molecule is COc1ccc(Cl)cc1C(=O)N1CCC[C@@H]1C(=O)NC12CC3CC(CC(C3)C1)C2. The van der Waals surface area contributed by atoms with Gasteiger partial charge in [0, 0.05) is 17.1 Å². The molecule has 29 heavy (non-hydrogen) atoms. The summed E-state index contributed by atoms with van der Waals surface area (Å²) in [5.41, 5.74) is 0.395. The van der Waals surface area contributed by atoms with E-state index in [-0.39, 0.29) is 17.4 Å². The van der Waals surface area contributed by atoms with E-state index in [0.717, 1.165) is 43.4 Å². The Morgan fingerprint density at radius 1 is 1.14 bits per heavy atom. The van der Waals surface area contributed by atoms with Gasteiger partial charge in [-0.1, -0.05) is 11.6 Å². The number of hydrogen-bond donors (Lipinski definition) is 1. The molecule has 1 atom stereocenters. The van der Waals surface area contributed by atoms with Gasteiger partial charge in [0.1, 0.15) is 11.8 Å². The summed E-state index contributed by atoms with van der Waals surface area (Å²) in [6.45, 7) is 0.591. The van der Waals surface area contributed by atoms with E-state index in [1.807, 2.05) is 0 Å². The Hall–Kier alpha value is -1.75. The highest BCUT2D eigenvalue weighted by molar-refractivity contribution is 6.31. The summed E-state index contributed by atoms with van der Waals surface area (Å²) in [5, 5.41) is 3.94. The van der Waals surface area contributed by atoms with Crippen molar-refractivity contribution in [1.82, 2.24) is 10.2 Å². The average Bonchev–Trinajstić information content (AvgIpc) is 3.16. The number of carbonyl (C=O) groups excluding carboxylic acids is 2. The summed E-state index contributed by atoms with van der Waals surface area (Å²) in [6, 6.07) is 4.64. The molecule has 1 N–H and O–H groups in total. The lowest BCUT2D eigenvalue weighted by molar-refractivity contribution is -0.130. The first-order valence-electron chi connectivity index (χ1n) is 10.9. The maximum absolute atomic E-state index is 13.3. The number of ether oxygens (including phenoxy) is 1. The molecule has 6 heteroatoms. The van der Waals surface area contributed by atoms with Gasteiger partial charge in [-0.05, 0) is 87.3 Å². The molecular weight excluding hydrogens is 388 g/mol. The quantitative estimate of drug-likeness (QED) is 0.805. The Bertz CT molecular complexity index is 804. The fourth-order valence-electron chi connectivity index (χ4n) is 6.89. The summed E-state index contributed by atoms with van der Waals surface area (Å²) in [5.74, 6) is 2.67. The van der Waals surface area contributed by atoms with Gasteiger partial charge >= 0.3 is 0 Å². The second kappa shape index (κ2) is 7.19. The van der Waals surface area contributed by atoms with Crippen molar-refractivity contribution in [2.45, 2.75) is 62.9 Å². The zero-order valence-corrected chi connectivity index (χ0v) is 17.7. The van der Waals surface area contributed by atoms with Crippen LogP contribution in [0, 0.1) is 17.8 Å². The van der Waals surface area contributed by atoms with E-state index in [1.54, 1.807) is 30.2 Å². The van der Waals surface area contributed by atoms with Crippen LogP contribution in [0.2, 0.25) is 5.02 Å². The second-order valence-corrected chi connectivity index (χ2v) is 10.1. The van der Waals surface area contributed by atoms with Crippen molar-refractivity contribution in [3.63, 3.8) is 0 Å². The highest BCUT2D eigenvalue weighted by Crippen LogP contribution is 2.55. The zero-order chi connectivity index (χ0) is 20.2. The van der Waals surface area contributed by atoms with Gasteiger partial charge in [-0.15, -0.1) is 0 Å². The molecule has 156 valence electrons. The Kier molecular flexibility index (Phi) is 4.77. The van der Waals surface area contributed by atoms with Gasteiger partial charge in [-0.3, -0.25) is 9.59 Å². The lowest BCUT2D eigenvalue weighted by Crippen LogP contribution is -2.62. The monoisotopic (exact) mass is 416 g/mol. The Balaban J connectivity index is 1.34. The maximum Gasteiger partial charge on any atom is 0.258 e. The van der Waals surface area contributed by atoms with Crippen LogP contribution in [-0.4, -0.2) is 41.9 Å². The number of benzene rings is 1. The minimum Gasteiger partial charge on any atom is -0.496 e. The number of halogens is 1. The Morgan fingerprint density at radius 3 is 2.41 bits per heavy atom. The predicted molar refractivity (Wildman–Crippen MR) is 111 cm³/mol. The molecule has 5 aliphatic rings. The number of methoxy groups -OCH3 is 1. The van der Waals surface area contributed by atoms with Crippen molar-refractivity contribution in [3.8, 4) is 5.75 Å². The molecule has 6 rings (SSSR count). The van der Waals surface area contributed by atoms with Gasteiger partial charge in [-0.2, -0.15) is 0 Å². The molecule has 1 heterocycles. The smallest absolute Gasteiger partial charge is 0.258 e. The first-order chi connectivity index (χ1) is 14.0. The molecule has 4 aliphatic carbocycles. The summed E-state index contributed by atoms with van der Waals surface area (Å²) >= 11 is 6.12. The van der Waals surface area contributed by atoms with E-state index in [2.05, 4.69) is 5.32 Å². The lowest BCUT2D eigenvalue weighted by atomic mass is 9.53. The third-order valence-electron chi connectivity index (χ3n) is 7.63. The Morgan fingerprint density at radius 2 is 1.79 bits per heavy atom. The van der Waals surface area contributed by atoms with Gasteiger partial charge in [0.15, 0.2) is 0 Å². The van der Waals surface area contributed by atoms with Crippen LogP contribution < -0.4 is 10.1 Å². The van der Waals surface area contributed by atoms with Gasteiger partial charge in [-0.25, -0.2) is 0 Å². The molecule has 1 saturated heterocycles. The molecule has 5 fully saturated rings. The van der Waals surface area contributed by atoms with Crippen LogP contribution >= 0.6 is 11.6 Å². The van der Waals surface area contributed by atoms with Crippen molar-refractivity contribution in [1.29, 1.82) is 0 Å². The first-order valence-corrected chi connectivity index (χ1v) is 11.3. The predicted octanol–water partition coefficient (Wildman–Crippen LogP) is 4.04. The third-order valence-corrected chi connectivity index (χ3v) is 7.87. The highest BCUT2D eigenvalue weighted by atomic mass is 35.5. The Labute approximate surface area is 177 Å². The van der Waals surface area contributed by atoms with Gasteiger partial charge in [0.25, 0.3) is 5.91 Å². The highest BCUT2D eigenvalue weighted by Gasteiger charge is 2.52. The number of nitrogens with zero attached hydrogens (tertiary/aromatic N) is 1. The molecule has 2 amide bonds. The molecule has 0 unspecified atom stereocenters. The molecular formula is C23H29ClN2O3. The van der Waals surface area contributed by atoms with Crippen LogP contribution in [0.4, 0.5) is 0 Å². The average molecular weight is 417 g/mol. The molecule has 0 aromatic heterocycles. The molecule has 1 aromatic rings. The van der Waals surface area contributed by atoms with Crippen molar-refractivity contribution in [2.24, 2.45) is 17.8 Å². The van der Waals surface area contributed by atoms with E-state index < -0.39 is 6.04 Å². The molecule has 0 spiro atoms. The minimum atomic E-state index is -0.404. The normalized spacial score (nSPS) is 35.0. The zero-order valence-electron chi connectivity index (χ0n) is 17.0. The standard InChI is InChI=1S/C23H29ClN2O3/c1-29-20-5-4-17(24)10-18(20)22(28)26-6-2-3-19(26)21(27)25-23-11-14-7-15(12-23)9-16(8-14)13-23/h4-5,10,14-16,19H,2-3,6-9,11-13H2,1H3,(H,25,27)/t14?,15?,16?,19-,23?/m1/s1. The summed E-state index contributed by atoms with van der Waals surface area (Å²) in [6.07, 6.45) is 8.95. The van der Waals surface area contributed by atoms with Crippen LogP contribution in [0.15, 0.2) is 18.2 Å². The topological polar surface area (TPSA) is 58.6 Å². The van der Waals surface area contributed by atoms with E-state index in [4.69, 9.17) is 16.3 Å². The number of nitrogens with one attached hydrogen (secondary N) is 1. The third kappa shape index (κ3) is 3.41. The number of rotatable bonds is 4. The second-order valence-electron chi connectivity index (χ2n) is 9.69. The summed E-state index contributed by atoms with van der Waals surface area (Å²) in [4.78, 5) is 28.3. The van der Waals surface area contributed by atoms with Crippen molar-refractivity contribution >= 4 is 23.4 Å². The van der Waals surface area contributed by atoms with Crippen LogP contribution in [0.3, 0.4) is 0 Å². The summed E-state index contributed by atoms with van der Waals surface area (Å²) in [7, 11) is 1.54. The molecule has 0 radical (unpaired) electrons. The first kappa shape index (κ1) is 19.2. The summed E-state index contributed by atoms with van der Waals surface area (Å²) < 4.78 is 5.36. The van der Waals surface area contributed by atoms with Crippen LogP contribution in [0.25, 0.3) is 0 Å². The lowest BCUT2D eigenvalue weighted by Gasteiger charge is -2.57. The van der Waals surface area contributed by atoms with Gasteiger partial charge in [0.2, 0.25) is 5.91 Å². The van der Waals surface area contributed by atoms with Gasteiger partial charge < -0.3 is 15.0 Å². The molecule has 5 nitrogen and oxygen atoms in total. The largest absolute Gasteiger partial charge is 0.496 e. The molecule has 4 bridgehead atoms.